The molecule has 2 rings (SSSR count). The molecule has 0 N–H and O–H groups in total. The Balaban J connectivity index is 2.60. The van der Waals surface area contributed by atoms with Gasteiger partial charge in [-0.15, -0.1) is 0 Å². The molecule has 16 heavy (non-hydrogen) atoms. The zero-order chi connectivity index (χ0) is 11.5. The Labute approximate surface area is 99.9 Å². The van der Waals surface area contributed by atoms with E-state index < -0.39 is 0 Å². The Morgan fingerprint density at radius 3 is 2.69 bits per heavy atom. The molecule has 82 valence electrons. The molecule has 2 aromatic rings. The Bertz CT molecular complexity index is 511. The topological polar surface area (TPSA) is 22.1 Å². The smallest absolute Gasteiger partial charge is 0.127 e. The van der Waals surface area contributed by atoms with Crippen molar-refractivity contribution in [3.63, 3.8) is 0 Å². The highest BCUT2D eigenvalue weighted by Crippen LogP contribution is 2.34. The summed E-state index contributed by atoms with van der Waals surface area (Å²) in [6.45, 7) is 2.03. The molecule has 0 amide bonds. The normalized spacial score (nSPS) is 10.2. The lowest BCUT2D eigenvalue weighted by Gasteiger charge is -2.10. The van der Waals surface area contributed by atoms with Gasteiger partial charge in [-0.1, -0.05) is 23.7 Å². The van der Waals surface area contributed by atoms with Gasteiger partial charge in [-0.2, -0.15) is 0 Å². The lowest BCUT2D eigenvalue weighted by Crippen LogP contribution is -1.89. The Morgan fingerprint density at radius 2 is 2.00 bits per heavy atom. The van der Waals surface area contributed by atoms with Crippen LogP contribution in [0.5, 0.6) is 5.75 Å². The fourth-order valence-electron chi connectivity index (χ4n) is 1.61. The Kier molecular flexibility index (Phi) is 3.11. The van der Waals surface area contributed by atoms with Crippen LogP contribution in [-0.2, 0) is 0 Å². The van der Waals surface area contributed by atoms with Gasteiger partial charge >= 0.3 is 0 Å². The van der Waals surface area contributed by atoms with Crippen molar-refractivity contribution in [1.82, 2.24) is 4.98 Å². The van der Waals surface area contributed by atoms with E-state index >= 15 is 0 Å². The van der Waals surface area contributed by atoms with E-state index in [1.165, 1.54) is 0 Å². The van der Waals surface area contributed by atoms with Crippen LogP contribution in [0.25, 0.3) is 11.1 Å². The average Bonchev–Trinajstić information content (AvgIpc) is 2.30. The lowest BCUT2D eigenvalue weighted by molar-refractivity contribution is 0.416. The summed E-state index contributed by atoms with van der Waals surface area (Å²) in [6.07, 6.45) is 3.36. The molecule has 1 aromatic heterocycles. The van der Waals surface area contributed by atoms with Gasteiger partial charge in [0.05, 0.1) is 12.1 Å². The predicted molar refractivity (Wildman–Crippen MR) is 66.0 cm³/mol. The summed E-state index contributed by atoms with van der Waals surface area (Å²) in [6, 6.07) is 7.92. The number of benzene rings is 1. The SMILES string of the molecule is COc1cc(C)ccc1-c1ccncc1Cl. The zero-order valence-electron chi connectivity index (χ0n) is 9.20. The first kappa shape index (κ1) is 11.0. The Hall–Kier alpha value is -1.54. The minimum Gasteiger partial charge on any atom is -0.496 e. The Morgan fingerprint density at radius 1 is 1.19 bits per heavy atom. The average molecular weight is 234 g/mol. The summed E-state index contributed by atoms with van der Waals surface area (Å²) < 4.78 is 5.36. The molecule has 0 aliphatic heterocycles. The van der Waals surface area contributed by atoms with Crippen molar-refractivity contribution in [2.75, 3.05) is 7.11 Å². The highest BCUT2D eigenvalue weighted by molar-refractivity contribution is 6.33. The third-order valence-electron chi connectivity index (χ3n) is 2.42. The maximum atomic E-state index is 6.11. The van der Waals surface area contributed by atoms with E-state index in [2.05, 4.69) is 4.98 Å². The van der Waals surface area contributed by atoms with Crippen LogP contribution in [0.2, 0.25) is 5.02 Å². The first-order valence-electron chi connectivity index (χ1n) is 4.97. The fourth-order valence-corrected chi connectivity index (χ4v) is 1.84. The number of hydrogen-bond donors (Lipinski definition) is 0. The standard InChI is InChI=1S/C13H12ClNO/c1-9-3-4-11(13(7-9)16-2)10-5-6-15-8-12(10)14/h3-8H,1-2H3. The fraction of sp³-hybridized carbons (Fsp3) is 0.154. The molecule has 1 aromatic carbocycles. The molecule has 0 saturated heterocycles. The van der Waals surface area contributed by atoms with Crippen molar-refractivity contribution in [3.8, 4) is 16.9 Å². The molecule has 0 aliphatic carbocycles. The molecular weight excluding hydrogens is 222 g/mol. The van der Waals surface area contributed by atoms with Crippen molar-refractivity contribution in [1.29, 1.82) is 0 Å². The molecule has 1 heterocycles. The van der Waals surface area contributed by atoms with Gasteiger partial charge in [0.1, 0.15) is 5.75 Å². The number of ether oxygens (including phenoxy) is 1. The van der Waals surface area contributed by atoms with Crippen LogP contribution >= 0.6 is 11.6 Å². The second-order valence-corrected chi connectivity index (χ2v) is 3.97. The van der Waals surface area contributed by atoms with Crippen LogP contribution in [0.3, 0.4) is 0 Å². The maximum absolute atomic E-state index is 6.11. The highest BCUT2D eigenvalue weighted by atomic mass is 35.5. The van der Waals surface area contributed by atoms with E-state index in [9.17, 15) is 0 Å². The van der Waals surface area contributed by atoms with Crippen molar-refractivity contribution >= 4 is 11.6 Å². The number of aromatic nitrogens is 1. The number of methoxy groups -OCH3 is 1. The molecule has 0 bridgehead atoms. The molecule has 0 unspecified atom stereocenters. The monoisotopic (exact) mass is 233 g/mol. The van der Waals surface area contributed by atoms with Crippen molar-refractivity contribution < 1.29 is 4.74 Å². The number of rotatable bonds is 2. The number of hydrogen-bond acceptors (Lipinski definition) is 2. The first-order chi connectivity index (χ1) is 7.72. The maximum Gasteiger partial charge on any atom is 0.127 e. The van der Waals surface area contributed by atoms with Gasteiger partial charge in [-0.25, -0.2) is 0 Å². The summed E-state index contributed by atoms with van der Waals surface area (Å²) in [7, 11) is 1.66. The van der Waals surface area contributed by atoms with Gasteiger partial charge < -0.3 is 4.74 Å². The van der Waals surface area contributed by atoms with Crippen LogP contribution in [-0.4, -0.2) is 12.1 Å². The second kappa shape index (κ2) is 4.54. The van der Waals surface area contributed by atoms with Crippen molar-refractivity contribution in [2.24, 2.45) is 0 Å². The molecule has 0 fully saturated rings. The van der Waals surface area contributed by atoms with Gasteiger partial charge in [-0.3, -0.25) is 4.98 Å². The summed E-state index contributed by atoms with van der Waals surface area (Å²) in [5.74, 6) is 0.827. The summed E-state index contributed by atoms with van der Waals surface area (Å²) in [4.78, 5) is 3.97. The summed E-state index contributed by atoms with van der Waals surface area (Å²) >= 11 is 6.11. The second-order valence-electron chi connectivity index (χ2n) is 3.56. The molecule has 2 nitrogen and oxygen atoms in total. The molecule has 0 atom stereocenters. The first-order valence-corrected chi connectivity index (χ1v) is 5.34. The quantitative estimate of drug-likeness (QED) is 0.789. The minimum absolute atomic E-state index is 0.629. The number of halogens is 1. The summed E-state index contributed by atoms with van der Waals surface area (Å²) in [5.41, 5.74) is 3.08. The molecule has 0 aliphatic rings. The molecule has 0 radical (unpaired) electrons. The third kappa shape index (κ3) is 2.02. The van der Waals surface area contributed by atoms with E-state index in [-0.39, 0.29) is 0 Å². The molecular formula is C13H12ClNO. The van der Waals surface area contributed by atoms with Crippen LogP contribution < -0.4 is 4.74 Å². The van der Waals surface area contributed by atoms with Crippen LogP contribution in [0, 0.1) is 6.92 Å². The minimum atomic E-state index is 0.629. The third-order valence-corrected chi connectivity index (χ3v) is 2.72. The number of pyridine rings is 1. The van der Waals surface area contributed by atoms with E-state index in [1.54, 1.807) is 19.5 Å². The van der Waals surface area contributed by atoms with E-state index in [0.717, 1.165) is 22.4 Å². The summed E-state index contributed by atoms with van der Waals surface area (Å²) in [5, 5.41) is 0.629. The van der Waals surface area contributed by atoms with Gasteiger partial charge in [0, 0.05) is 23.5 Å². The molecule has 0 saturated carbocycles. The molecule has 0 spiro atoms. The zero-order valence-corrected chi connectivity index (χ0v) is 9.95. The van der Waals surface area contributed by atoms with E-state index in [1.807, 2.05) is 31.2 Å². The largest absolute Gasteiger partial charge is 0.496 e. The lowest BCUT2D eigenvalue weighted by atomic mass is 10.0. The van der Waals surface area contributed by atoms with Crippen molar-refractivity contribution in [2.45, 2.75) is 6.92 Å². The predicted octanol–water partition coefficient (Wildman–Crippen LogP) is 3.72. The van der Waals surface area contributed by atoms with Crippen LogP contribution in [0.1, 0.15) is 5.56 Å². The van der Waals surface area contributed by atoms with Gasteiger partial charge in [0.2, 0.25) is 0 Å². The van der Waals surface area contributed by atoms with Gasteiger partial charge in [0.15, 0.2) is 0 Å². The number of aryl methyl sites for hydroxylation is 1. The van der Waals surface area contributed by atoms with Gasteiger partial charge in [0.25, 0.3) is 0 Å². The van der Waals surface area contributed by atoms with E-state index in [4.69, 9.17) is 16.3 Å². The van der Waals surface area contributed by atoms with E-state index in [0.29, 0.717) is 5.02 Å². The highest BCUT2D eigenvalue weighted by Gasteiger charge is 2.08. The van der Waals surface area contributed by atoms with Crippen LogP contribution in [0.15, 0.2) is 36.7 Å². The number of nitrogens with zero attached hydrogens (tertiary/aromatic N) is 1. The van der Waals surface area contributed by atoms with Crippen molar-refractivity contribution in [3.05, 3.63) is 47.2 Å². The molecule has 3 heteroatoms. The van der Waals surface area contributed by atoms with Gasteiger partial charge in [-0.05, 0) is 24.6 Å². The van der Waals surface area contributed by atoms with Crippen LogP contribution in [0.4, 0.5) is 0 Å².